The summed E-state index contributed by atoms with van der Waals surface area (Å²) in [6.45, 7) is 0.578. The fraction of sp³-hybridized carbons (Fsp3) is 0.294. The van der Waals surface area contributed by atoms with Crippen LogP contribution in [0.25, 0.3) is 0 Å². The maximum absolute atomic E-state index is 13.0. The molecule has 3 rings (SSSR count). The van der Waals surface area contributed by atoms with Gasteiger partial charge in [0.05, 0.1) is 10.9 Å². The lowest BCUT2D eigenvalue weighted by Gasteiger charge is -2.35. The highest BCUT2D eigenvalue weighted by Gasteiger charge is 2.34. The molecule has 22 heavy (non-hydrogen) atoms. The van der Waals surface area contributed by atoms with Crippen LogP contribution in [0.2, 0.25) is 0 Å². The van der Waals surface area contributed by atoms with E-state index in [9.17, 15) is 8.42 Å². The molecule has 2 aromatic rings. The topological polar surface area (TPSA) is 37.4 Å². The lowest BCUT2D eigenvalue weighted by molar-refractivity contribution is 0.256. The zero-order valence-electron chi connectivity index (χ0n) is 12.2. The van der Waals surface area contributed by atoms with Gasteiger partial charge in [-0.05, 0) is 42.7 Å². The highest BCUT2D eigenvalue weighted by atomic mass is 79.9. The van der Waals surface area contributed by atoms with Gasteiger partial charge in [-0.25, -0.2) is 8.42 Å². The first-order chi connectivity index (χ1) is 10.6. The largest absolute Gasteiger partial charge is 0.243 e. The fourth-order valence-electron chi connectivity index (χ4n) is 2.97. The summed E-state index contributed by atoms with van der Waals surface area (Å²) in [5.41, 5.74) is 1.05. The van der Waals surface area contributed by atoms with Crippen LogP contribution in [0, 0.1) is 0 Å². The van der Waals surface area contributed by atoms with Crippen LogP contribution in [0.1, 0.15) is 30.9 Å². The van der Waals surface area contributed by atoms with E-state index in [4.69, 9.17) is 0 Å². The molecule has 0 spiro atoms. The van der Waals surface area contributed by atoms with E-state index >= 15 is 0 Å². The first kappa shape index (κ1) is 15.7. The highest BCUT2D eigenvalue weighted by Crippen LogP contribution is 2.36. The molecule has 1 saturated heterocycles. The minimum atomic E-state index is -3.45. The van der Waals surface area contributed by atoms with Crippen molar-refractivity contribution in [3.63, 3.8) is 0 Å². The third kappa shape index (κ3) is 3.12. The van der Waals surface area contributed by atoms with E-state index in [2.05, 4.69) is 15.9 Å². The quantitative estimate of drug-likeness (QED) is 0.793. The Morgan fingerprint density at radius 3 is 2.50 bits per heavy atom. The average Bonchev–Trinajstić information content (AvgIpc) is 2.56. The molecule has 0 N–H and O–H groups in total. The van der Waals surface area contributed by atoms with E-state index < -0.39 is 10.0 Å². The third-order valence-corrected chi connectivity index (χ3v) is 6.45. The molecule has 0 aromatic heterocycles. The normalized spacial score (nSPS) is 20.0. The van der Waals surface area contributed by atoms with Crippen molar-refractivity contribution in [3.8, 4) is 0 Å². The molecule has 0 radical (unpaired) electrons. The standard InChI is InChI=1S/C17H18BrNO2S/c18-15-8-6-7-14(13-15)17-11-4-5-12-19(17)22(20,21)16-9-2-1-3-10-16/h1-3,6-10,13,17H,4-5,11-12H2. The van der Waals surface area contributed by atoms with Gasteiger partial charge in [-0.3, -0.25) is 0 Å². The molecule has 2 aromatic carbocycles. The number of hydrogen-bond donors (Lipinski definition) is 0. The number of hydrogen-bond acceptors (Lipinski definition) is 2. The second kappa shape index (κ2) is 6.52. The Balaban J connectivity index is 2.00. The van der Waals surface area contributed by atoms with Gasteiger partial charge >= 0.3 is 0 Å². The lowest BCUT2D eigenvalue weighted by atomic mass is 9.98. The number of rotatable bonds is 3. The molecule has 1 heterocycles. The minimum Gasteiger partial charge on any atom is -0.207 e. The van der Waals surface area contributed by atoms with Crippen molar-refractivity contribution in [2.75, 3.05) is 6.54 Å². The summed E-state index contributed by atoms with van der Waals surface area (Å²) in [7, 11) is -3.45. The Morgan fingerprint density at radius 2 is 1.77 bits per heavy atom. The Hall–Kier alpha value is -1.17. The number of nitrogens with zero attached hydrogens (tertiary/aromatic N) is 1. The number of piperidine rings is 1. The van der Waals surface area contributed by atoms with E-state index in [1.165, 1.54) is 0 Å². The maximum Gasteiger partial charge on any atom is 0.243 e. The molecule has 5 heteroatoms. The molecule has 1 aliphatic rings. The molecule has 1 unspecified atom stereocenters. The van der Waals surface area contributed by atoms with Gasteiger partial charge in [-0.1, -0.05) is 52.7 Å². The molecular weight excluding hydrogens is 362 g/mol. The van der Waals surface area contributed by atoms with Gasteiger partial charge < -0.3 is 0 Å². The second-order valence-electron chi connectivity index (χ2n) is 5.50. The zero-order valence-corrected chi connectivity index (χ0v) is 14.6. The van der Waals surface area contributed by atoms with E-state index in [1.807, 2.05) is 30.3 Å². The minimum absolute atomic E-state index is 0.0866. The molecule has 116 valence electrons. The summed E-state index contributed by atoms with van der Waals surface area (Å²) in [6, 6.07) is 16.6. The first-order valence-electron chi connectivity index (χ1n) is 7.41. The Labute approximate surface area is 140 Å². The average molecular weight is 380 g/mol. The van der Waals surface area contributed by atoms with E-state index in [-0.39, 0.29) is 6.04 Å². The molecule has 0 amide bonds. The van der Waals surface area contributed by atoms with Crippen LogP contribution >= 0.6 is 15.9 Å². The summed E-state index contributed by atoms with van der Waals surface area (Å²) in [5, 5.41) is 0. The Morgan fingerprint density at radius 1 is 1.00 bits per heavy atom. The fourth-order valence-corrected chi connectivity index (χ4v) is 5.09. The van der Waals surface area contributed by atoms with Crippen molar-refractivity contribution in [1.29, 1.82) is 0 Å². The van der Waals surface area contributed by atoms with Crippen molar-refractivity contribution >= 4 is 26.0 Å². The number of benzene rings is 2. The Bertz CT molecular complexity index is 746. The van der Waals surface area contributed by atoms with Crippen LogP contribution in [-0.2, 0) is 10.0 Å². The smallest absolute Gasteiger partial charge is 0.207 e. The van der Waals surface area contributed by atoms with Crippen molar-refractivity contribution in [3.05, 3.63) is 64.6 Å². The number of sulfonamides is 1. The molecule has 0 aliphatic carbocycles. The number of halogens is 1. The van der Waals surface area contributed by atoms with Crippen LogP contribution in [0.3, 0.4) is 0 Å². The highest BCUT2D eigenvalue weighted by molar-refractivity contribution is 9.10. The van der Waals surface area contributed by atoms with E-state index in [0.29, 0.717) is 11.4 Å². The molecule has 1 atom stereocenters. The van der Waals surface area contributed by atoms with Crippen LogP contribution in [-0.4, -0.2) is 19.3 Å². The third-order valence-electron chi connectivity index (χ3n) is 4.04. The SMILES string of the molecule is O=S(=O)(c1ccccc1)N1CCCCC1c1cccc(Br)c1. The maximum atomic E-state index is 13.0. The molecule has 1 aliphatic heterocycles. The van der Waals surface area contributed by atoms with Crippen LogP contribution < -0.4 is 0 Å². The van der Waals surface area contributed by atoms with Crippen molar-refractivity contribution < 1.29 is 8.42 Å². The van der Waals surface area contributed by atoms with Gasteiger partial charge in [-0.15, -0.1) is 0 Å². The van der Waals surface area contributed by atoms with Gasteiger partial charge in [0.15, 0.2) is 0 Å². The molecule has 3 nitrogen and oxygen atoms in total. The lowest BCUT2D eigenvalue weighted by Crippen LogP contribution is -2.38. The molecule has 0 saturated carbocycles. The van der Waals surface area contributed by atoms with Crippen molar-refractivity contribution in [1.82, 2.24) is 4.31 Å². The van der Waals surface area contributed by atoms with Gasteiger partial charge in [-0.2, -0.15) is 4.31 Å². The monoisotopic (exact) mass is 379 g/mol. The van der Waals surface area contributed by atoms with Gasteiger partial charge in [0.1, 0.15) is 0 Å². The zero-order chi connectivity index (χ0) is 15.6. The summed E-state index contributed by atoms with van der Waals surface area (Å²) in [5.74, 6) is 0. The van der Waals surface area contributed by atoms with Gasteiger partial charge in [0, 0.05) is 11.0 Å². The summed E-state index contributed by atoms with van der Waals surface area (Å²) >= 11 is 3.48. The van der Waals surface area contributed by atoms with E-state index in [0.717, 1.165) is 29.3 Å². The predicted molar refractivity (Wildman–Crippen MR) is 91.1 cm³/mol. The predicted octanol–water partition coefficient (Wildman–Crippen LogP) is 4.37. The van der Waals surface area contributed by atoms with Crippen molar-refractivity contribution in [2.24, 2.45) is 0 Å². The first-order valence-corrected chi connectivity index (χ1v) is 9.65. The van der Waals surface area contributed by atoms with Crippen LogP contribution in [0.4, 0.5) is 0 Å². The summed E-state index contributed by atoms with van der Waals surface area (Å²) < 4.78 is 28.6. The summed E-state index contributed by atoms with van der Waals surface area (Å²) in [6.07, 6.45) is 2.83. The molecule has 1 fully saturated rings. The van der Waals surface area contributed by atoms with Crippen LogP contribution in [0.15, 0.2) is 64.0 Å². The van der Waals surface area contributed by atoms with E-state index in [1.54, 1.807) is 28.6 Å². The summed E-state index contributed by atoms with van der Waals surface area (Å²) in [4.78, 5) is 0.372. The second-order valence-corrected chi connectivity index (χ2v) is 8.30. The van der Waals surface area contributed by atoms with Crippen LogP contribution in [0.5, 0.6) is 0 Å². The van der Waals surface area contributed by atoms with Crippen molar-refractivity contribution in [2.45, 2.75) is 30.2 Å². The Kier molecular flexibility index (Phi) is 4.66. The van der Waals surface area contributed by atoms with Gasteiger partial charge in [0.25, 0.3) is 0 Å². The van der Waals surface area contributed by atoms with Gasteiger partial charge in [0.2, 0.25) is 10.0 Å². The molecule has 0 bridgehead atoms. The molecular formula is C17H18BrNO2S.